The predicted octanol–water partition coefficient (Wildman–Crippen LogP) is 0.388. The van der Waals surface area contributed by atoms with E-state index in [1.807, 2.05) is 0 Å². The molecular formula is C10H10N2O4S. The van der Waals surface area contributed by atoms with Gasteiger partial charge in [0.2, 0.25) is 0 Å². The molecule has 1 aromatic carbocycles. The minimum absolute atomic E-state index is 0.0300. The van der Waals surface area contributed by atoms with Crippen molar-refractivity contribution in [3.05, 3.63) is 28.8 Å². The highest BCUT2D eigenvalue weighted by Crippen LogP contribution is 2.21. The van der Waals surface area contributed by atoms with Gasteiger partial charge in [-0.1, -0.05) is 12.2 Å². The Bertz CT molecular complexity index is 513. The molecule has 0 atom stereocenters. The third-order valence-corrected chi connectivity index (χ3v) is 2.34. The van der Waals surface area contributed by atoms with E-state index in [0.717, 1.165) is 7.11 Å². The summed E-state index contributed by atoms with van der Waals surface area (Å²) in [5, 5.41) is 8.93. The van der Waals surface area contributed by atoms with E-state index in [1.165, 1.54) is 12.1 Å². The first kappa shape index (κ1) is 12.9. The smallest absolute Gasteiger partial charge is 0.340 e. The van der Waals surface area contributed by atoms with E-state index in [1.54, 1.807) is 0 Å². The maximum absolute atomic E-state index is 11.4. The Morgan fingerprint density at radius 1 is 1.35 bits per heavy atom. The summed E-state index contributed by atoms with van der Waals surface area (Å²) in [5.41, 5.74) is 10.7. The van der Waals surface area contributed by atoms with Gasteiger partial charge < -0.3 is 21.3 Å². The molecule has 0 amide bonds. The lowest BCUT2D eigenvalue weighted by atomic mass is 10.0. The number of anilines is 1. The lowest BCUT2D eigenvalue weighted by Crippen LogP contribution is -2.16. The van der Waals surface area contributed by atoms with Gasteiger partial charge in [0.25, 0.3) is 0 Å². The lowest BCUT2D eigenvalue weighted by molar-refractivity contribution is 0.0602. The molecule has 0 spiro atoms. The van der Waals surface area contributed by atoms with Crippen molar-refractivity contribution in [2.45, 2.75) is 0 Å². The first-order valence-corrected chi connectivity index (χ1v) is 4.84. The first-order valence-electron chi connectivity index (χ1n) is 4.43. The fourth-order valence-electron chi connectivity index (χ4n) is 1.25. The van der Waals surface area contributed by atoms with Gasteiger partial charge in [-0.2, -0.15) is 0 Å². The number of thiocarbonyl (C=S) groups is 1. The normalized spacial score (nSPS) is 9.71. The van der Waals surface area contributed by atoms with Gasteiger partial charge in [-0.05, 0) is 12.1 Å². The first-order chi connectivity index (χ1) is 7.88. The van der Waals surface area contributed by atoms with Gasteiger partial charge in [0.15, 0.2) is 0 Å². The van der Waals surface area contributed by atoms with Crippen LogP contribution in [0, 0.1) is 0 Å². The highest BCUT2D eigenvalue weighted by Gasteiger charge is 2.19. The maximum Gasteiger partial charge on any atom is 0.340 e. The Morgan fingerprint density at radius 2 is 1.88 bits per heavy atom. The highest BCUT2D eigenvalue weighted by atomic mass is 32.1. The number of carbonyl (C=O) groups excluding carboxylic acids is 1. The van der Waals surface area contributed by atoms with Crippen LogP contribution in [0.15, 0.2) is 12.1 Å². The van der Waals surface area contributed by atoms with Gasteiger partial charge in [-0.15, -0.1) is 0 Å². The zero-order chi connectivity index (χ0) is 13.2. The number of esters is 1. The number of hydrogen-bond acceptors (Lipinski definition) is 5. The summed E-state index contributed by atoms with van der Waals surface area (Å²) in [6, 6.07) is 2.52. The fourth-order valence-corrected chi connectivity index (χ4v) is 1.37. The van der Waals surface area contributed by atoms with Crippen molar-refractivity contribution >= 4 is 34.8 Å². The van der Waals surface area contributed by atoms with Crippen molar-refractivity contribution in [2.75, 3.05) is 12.8 Å². The standard InChI is InChI=1S/C10H10N2O4S/c1-16-10(15)6-3-4(8(12)17)2-5(7(6)11)9(13)14/h2-3H,11H2,1H3,(H2,12,17)(H,13,14). The van der Waals surface area contributed by atoms with Crippen molar-refractivity contribution in [2.24, 2.45) is 5.73 Å². The van der Waals surface area contributed by atoms with Crippen LogP contribution in [0.4, 0.5) is 5.69 Å². The van der Waals surface area contributed by atoms with Gasteiger partial charge in [0.1, 0.15) is 4.99 Å². The molecule has 17 heavy (non-hydrogen) atoms. The van der Waals surface area contributed by atoms with Crippen molar-refractivity contribution in [1.29, 1.82) is 0 Å². The highest BCUT2D eigenvalue weighted by molar-refractivity contribution is 7.80. The van der Waals surface area contributed by atoms with Crippen molar-refractivity contribution in [1.82, 2.24) is 0 Å². The van der Waals surface area contributed by atoms with Gasteiger partial charge in [0, 0.05) is 5.56 Å². The molecule has 0 bridgehead atoms. The quantitative estimate of drug-likeness (QED) is 0.406. The summed E-state index contributed by atoms with van der Waals surface area (Å²) in [5.74, 6) is -2.02. The molecule has 6 nitrogen and oxygen atoms in total. The van der Waals surface area contributed by atoms with Crippen molar-refractivity contribution in [3.63, 3.8) is 0 Å². The Morgan fingerprint density at radius 3 is 2.29 bits per heavy atom. The maximum atomic E-state index is 11.4. The van der Waals surface area contributed by atoms with E-state index in [-0.39, 0.29) is 27.4 Å². The molecule has 1 aromatic rings. The van der Waals surface area contributed by atoms with Crippen LogP contribution < -0.4 is 11.5 Å². The third-order valence-electron chi connectivity index (χ3n) is 2.10. The summed E-state index contributed by atoms with van der Waals surface area (Å²) < 4.78 is 4.49. The minimum atomic E-state index is -1.27. The Balaban J connectivity index is 3.54. The summed E-state index contributed by atoms with van der Waals surface area (Å²) >= 11 is 4.73. The average molecular weight is 254 g/mol. The van der Waals surface area contributed by atoms with Crippen LogP contribution in [-0.2, 0) is 4.74 Å². The SMILES string of the molecule is COC(=O)c1cc(C(N)=S)cc(C(=O)O)c1N. The molecule has 7 heteroatoms. The second kappa shape index (κ2) is 4.79. The van der Waals surface area contributed by atoms with Crippen LogP contribution >= 0.6 is 12.2 Å². The summed E-state index contributed by atoms with van der Waals surface area (Å²) in [6.07, 6.45) is 0. The lowest BCUT2D eigenvalue weighted by Gasteiger charge is -2.09. The monoisotopic (exact) mass is 254 g/mol. The van der Waals surface area contributed by atoms with E-state index < -0.39 is 11.9 Å². The number of ether oxygens (including phenoxy) is 1. The van der Waals surface area contributed by atoms with Crippen LogP contribution in [0.5, 0.6) is 0 Å². The van der Waals surface area contributed by atoms with E-state index in [9.17, 15) is 9.59 Å². The van der Waals surface area contributed by atoms with Crippen LogP contribution in [0.3, 0.4) is 0 Å². The van der Waals surface area contributed by atoms with Crippen molar-refractivity contribution < 1.29 is 19.4 Å². The van der Waals surface area contributed by atoms with Crippen LogP contribution in [0.25, 0.3) is 0 Å². The number of benzene rings is 1. The van der Waals surface area contributed by atoms with Crippen LogP contribution in [0.1, 0.15) is 26.3 Å². The zero-order valence-corrected chi connectivity index (χ0v) is 9.71. The van der Waals surface area contributed by atoms with Gasteiger partial charge in [0.05, 0.1) is 23.9 Å². The van der Waals surface area contributed by atoms with Gasteiger partial charge >= 0.3 is 11.9 Å². The number of aromatic carboxylic acids is 1. The number of carboxylic acid groups (broad SMARTS) is 1. The molecule has 0 saturated heterocycles. The molecule has 0 saturated carbocycles. The van der Waals surface area contributed by atoms with E-state index in [0.29, 0.717) is 0 Å². The Kier molecular flexibility index (Phi) is 3.64. The predicted molar refractivity (Wildman–Crippen MR) is 65.0 cm³/mol. The second-order valence-corrected chi connectivity index (χ2v) is 3.59. The molecule has 0 heterocycles. The number of hydrogen-bond donors (Lipinski definition) is 3. The number of carbonyl (C=O) groups is 2. The molecule has 5 N–H and O–H groups in total. The minimum Gasteiger partial charge on any atom is -0.478 e. The fraction of sp³-hybridized carbons (Fsp3) is 0.100. The van der Waals surface area contributed by atoms with E-state index in [4.69, 9.17) is 28.8 Å². The number of methoxy groups -OCH3 is 1. The van der Waals surface area contributed by atoms with E-state index >= 15 is 0 Å². The summed E-state index contributed by atoms with van der Waals surface area (Å²) in [4.78, 5) is 22.3. The molecule has 0 aliphatic carbocycles. The zero-order valence-electron chi connectivity index (χ0n) is 8.89. The van der Waals surface area contributed by atoms with Gasteiger partial charge in [-0.25, -0.2) is 9.59 Å². The second-order valence-electron chi connectivity index (χ2n) is 3.15. The van der Waals surface area contributed by atoms with Crippen LogP contribution in [-0.4, -0.2) is 29.1 Å². The molecule has 0 aromatic heterocycles. The third kappa shape index (κ3) is 2.51. The van der Waals surface area contributed by atoms with Crippen LogP contribution in [0.2, 0.25) is 0 Å². The molecule has 90 valence electrons. The Labute approximate surface area is 102 Å². The Hall–Kier alpha value is -2.15. The number of nitrogen functional groups attached to an aromatic ring is 1. The summed E-state index contributed by atoms with van der Waals surface area (Å²) in [6.45, 7) is 0. The molecule has 0 aliphatic rings. The van der Waals surface area contributed by atoms with Crippen molar-refractivity contribution in [3.8, 4) is 0 Å². The average Bonchev–Trinajstić information content (AvgIpc) is 2.27. The molecule has 0 aliphatic heterocycles. The number of carboxylic acids is 1. The molecule has 0 fully saturated rings. The number of rotatable bonds is 3. The number of nitrogens with two attached hydrogens (primary N) is 2. The summed E-state index contributed by atoms with van der Waals surface area (Å²) in [7, 11) is 1.16. The van der Waals surface area contributed by atoms with E-state index in [2.05, 4.69) is 4.74 Å². The van der Waals surface area contributed by atoms with Gasteiger partial charge in [-0.3, -0.25) is 0 Å². The molecular weight excluding hydrogens is 244 g/mol. The molecule has 0 radical (unpaired) electrons. The topological polar surface area (TPSA) is 116 Å². The molecule has 1 rings (SSSR count). The largest absolute Gasteiger partial charge is 0.478 e. The molecule has 0 unspecified atom stereocenters.